The molecular weight excluding hydrogens is 436 g/mol. The minimum absolute atomic E-state index is 0.0202. The average molecular weight is 475 g/mol. The fourth-order valence-corrected chi connectivity index (χ4v) is 4.81. The summed E-state index contributed by atoms with van der Waals surface area (Å²) in [5, 5.41) is 0. The van der Waals surface area contributed by atoms with Crippen LogP contribution < -0.4 is 15.5 Å². The molecule has 2 aliphatic heterocycles. The Hall–Kier alpha value is -2.65. The fourth-order valence-electron chi connectivity index (χ4n) is 4.81. The zero-order valence-electron chi connectivity index (χ0n) is 21.0. The molecule has 1 atom stereocenters. The highest BCUT2D eigenvalue weighted by Crippen LogP contribution is 2.36. The first kappa shape index (κ1) is 26.0. The second-order valence-corrected chi connectivity index (χ2v) is 10.9. The van der Waals surface area contributed by atoms with Crippen molar-refractivity contribution in [1.82, 2.24) is 4.90 Å². The second kappa shape index (κ2) is 10.3. The molecule has 0 saturated carbocycles. The Morgan fingerprint density at radius 2 is 1.71 bits per heavy atom. The molecule has 1 aromatic rings. The third-order valence-electron chi connectivity index (χ3n) is 6.38. The number of benzene rings is 1. The molecule has 1 aromatic carbocycles. The summed E-state index contributed by atoms with van der Waals surface area (Å²) in [6.07, 6.45) is 0.393. The van der Waals surface area contributed by atoms with E-state index in [2.05, 4.69) is 27.7 Å². The van der Waals surface area contributed by atoms with Gasteiger partial charge in [-0.05, 0) is 48.1 Å². The molecule has 2 N–H and O–H groups in total. The smallest absolute Gasteiger partial charge is 0.414 e. The van der Waals surface area contributed by atoms with E-state index in [-0.39, 0.29) is 29.3 Å². The van der Waals surface area contributed by atoms with Gasteiger partial charge in [0.25, 0.3) is 5.91 Å². The lowest BCUT2D eigenvalue weighted by atomic mass is 9.73. The van der Waals surface area contributed by atoms with Crippen LogP contribution in [0.4, 0.5) is 16.2 Å². The maximum Gasteiger partial charge on any atom is 0.414 e. The van der Waals surface area contributed by atoms with Crippen molar-refractivity contribution in [3.63, 3.8) is 0 Å². The van der Waals surface area contributed by atoms with E-state index in [9.17, 15) is 14.4 Å². The summed E-state index contributed by atoms with van der Waals surface area (Å²) in [6.45, 7) is 10.7. The van der Waals surface area contributed by atoms with E-state index < -0.39 is 12.2 Å². The van der Waals surface area contributed by atoms with Crippen molar-refractivity contribution in [3.05, 3.63) is 24.3 Å². The molecular formula is C25H38N4O5. The Labute approximate surface area is 202 Å². The number of morpholine rings is 1. The summed E-state index contributed by atoms with van der Waals surface area (Å²) < 4.78 is 10.7. The van der Waals surface area contributed by atoms with E-state index in [0.29, 0.717) is 44.9 Å². The minimum atomic E-state index is -0.439. The summed E-state index contributed by atoms with van der Waals surface area (Å²) in [7, 11) is 1.75. The van der Waals surface area contributed by atoms with Crippen LogP contribution in [0.3, 0.4) is 0 Å². The monoisotopic (exact) mass is 474 g/mol. The highest BCUT2D eigenvalue weighted by Gasteiger charge is 2.35. The third-order valence-corrected chi connectivity index (χ3v) is 6.38. The van der Waals surface area contributed by atoms with Gasteiger partial charge in [-0.2, -0.15) is 0 Å². The van der Waals surface area contributed by atoms with Crippen LogP contribution in [-0.2, 0) is 19.1 Å². The van der Waals surface area contributed by atoms with Crippen LogP contribution in [0.15, 0.2) is 24.3 Å². The molecule has 2 aliphatic rings. The normalized spacial score (nSPS) is 19.4. The first-order valence-electron chi connectivity index (χ1n) is 11.8. The number of anilines is 2. The molecule has 2 heterocycles. The van der Waals surface area contributed by atoms with Gasteiger partial charge >= 0.3 is 6.09 Å². The van der Waals surface area contributed by atoms with Gasteiger partial charge in [-0.25, -0.2) is 4.79 Å². The van der Waals surface area contributed by atoms with Crippen molar-refractivity contribution < 1.29 is 23.9 Å². The molecule has 0 radical (unpaired) electrons. The first-order valence-corrected chi connectivity index (χ1v) is 11.8. The van der Waals surface area contributed by atoms with Gasteiger partial charge in [-0.1, -0.05) is 27.7 Å². The number of rotatable bonds is 9. The van der Waals surface area contributed by atoms with Gasteiger partial charge < -0.3 is 25.0 Å². The Balaban J connectivity index is 1.56. The fraction of sp³-hybridized carbons (Fsp3) is 0.640. The molecule has 3 amide bonds. The number of carbonyl (C=O) groups excluding carboxylic acids is 3. The topological polar surface area (TPSA) is 105 Å². The van der Waals surface area contributed by atoms with Crippen LogP contribution in [-0.4, -0.2) is 75.4 Å². The number of carbonyl (C=O) groups is 3. The van der Waals surface area contributed by atoms with Crippen LogP contribution in [0.1, 0.15) is 40.5 Å². The van der Waals surface area contributed by atoms with Crippen LogP contribution in [0, 0.1) is 10.8 Å². The van der Waals surface area contributed by atoms with Crippen LogP contribution in [0.2, 0.25) is 0 Å². The van der Waals surface area contributed by atoms with E-state index >= 15 is 0 Å². The SMILES string of the molecule is CN(CC1CN(c2ccc(N3CCOCC3=O)cc2)C(=O)O1)C(=O)CC(C)(C)CC(C)(C)CN. The molecule has 0 spiro atoms. The van der Waals surface area contributed by atoms with E-state index in [1.165, 1.54) is 0 Å². The maximum absolute atomic E-state index is 12.9. The Morgan fingerprint density at radius 3 is 2.29 bits per heavy atom. The molecule has 9 heteroatoms. The molecule has 2 fully saturated rings. The Bertz CT molecular complexity index is 899. The standard InChI is InChI=1S/C25H38N4O5/c1-24(2,16-25(3,4)17-26)12-21(30)27(5)13-20-14-29(23(32)34-20)19-8-6-18(7-9-19)28-10-11-33-15-22(28)31/h6-9,20H,10-17,26H2,1-5H3. The minimum Gasteiger partial charge on any atom is -0.442 e. The Kier molecular flexibility index (Phi) is 7.88. The van der Waals surface area contributed by atoms with Gasteiger partial charge in [-0.3, -0.25) is 14.5 Å². The number of cyclic esters (lactones) is 1. The van der Waals surface area contributed by atoms with Gasteiger partial charge in [0.15, 0.2) is 0 Å². The summed E-state index contributed by atoms with van der Waals surface area (Å²) in [4.78, 5) is 42.3. The number of ether oxygens (including phenoxy) is 2. The largest absolute Gasteiger partial charge is 0.442 e. The maximum atomic E-state index is 12.9. The highest BCUT2D eigenvalue weighted by atomic mass is 16.6. The number of amides is 3. The van der Waals surface area contributed by atoms with Gasteiger partial charge in [0.05, 0.1) is 19.7 Å². The van der Waals surface area contributed by atoms with E-state index in [1.54, 1.807) is 33.9 Å². The lowest BCUT2D eigenvalue weighted by Crippen LogP contribution is -2.41. The van der Waals surface area contributed by atoms with Crippen molar-refractivity contribution in [2.75, 3.05) is 56.2 Å². The molecule has 0 aliphatic carbocycles. The lowest BCUT2D eigenvalue weighted by molar-refractivity contribution is -0.133. The van der Waals surface area contributed by atoms with Crippen molar-refractivity contribution in [2.24, 2.45) is 16.6 Å². The number of likely N-dealkylation sites (N-methyl/N-ethyl adjacent to an activating group) is 1. The summed E-state index contributed by atoms with van der Waals surface area (Å²) in [6, 6.07) is 7.25. The summed E-state index contributed by atoms with van der Waals surface area (Å²) in [5.74, 6) is -0.0611. The second-order valence-electron chi connectivity index (χ2n) is 10.9. The van der Waals surface area contributed by atoms with Crippen molar-refractivity contribution in [2.45, 2.75) is 46.6 Å². The quantitative estimate of drug-likeness (QED) is 0.590. The van der Waals surface area contributed by atoms with Gasteiger partial charge in [0, 0.05) is 31.4 Å². The lowest BCUT2D eigenvalue weighted by Gasteiger charge is -2.35. The third kappa shape index (κ3) is 6.48. The Morgan fingerprint density at radius 1 is 1.09 bits per heavy atom. The van der Waals surface area contributed by atoms with Crippen LogP contribution >= 0.6 is 0 Å². The molecule has 9 nitrogen and oxygen atoms in total. The number of hydrogen-bond donors (Lipinski definition) is 1. The number of nitrogens with two attached hydrogens (primary N) is 1. The summed E-state index contributed by atoms with van der Waals surface area (Å²) >= 11 is 0. The molecule has 3 rings (SSSR count). The first-order chi connectivity index (χ1) is 15.9. The van der Waals surface area contributed by atoms with Gasteiger partial charge in [0.2, 0.25) is 5.91 Å². The zero-order valence-corrected chi connectivity index (χ0v) is 21.0. The zero-order chi connectivity index (χ0) is 25.1. The van der Waals surface area contributed by atoms with Crippen molar-refractivity contribution in [3.8, 4) is 0 Å². The van der Waals surface area contributed by atoms with Gasteiger partial charge in [-0.15, -0.1) is 0 Å². The average Bonchev–Trinajstić information content (AvgIpc) is 3.13. The predicted octanol–water partition coefficient (Wildman–Crippen LogP) is 2.62. The molecule has 188 valence electrons. The molecule has 1 unspecified atom stereocenters. The molecule has 0 aromatic heterocycles. The predicted molar refractivity (Wildman–Crippen MR) is 131 cm³/mol. The number of hydrogen-bond acceptors (Lipinski definition) is 6. The molecule has 34 heavy (non-hydrogen) atoms. The highest BCUT2D eigenvalue weighted by molar-refractivity contribution is 5.95. The number of nitrogens with zero attached hydrogens (tertiary/aromatic N) is 3. The summed E-state index contributed by atoms with van der Waals surface area (Å²) in [5.41, 5.74) is 7.11. The molecule has 0 bridgehead atoms. The van der Waals surface area contributed by atoms with Gasteiger partial charge in [0.1, 0.15) is 12.7 Å². The van der Waals surface area contributed by atoms with E-state index in [1.807, 2.05) is 12.1 Å². The van der Waals surface area contributed by atoms with Crippen molar-refractivity contribution in [1.29, 1.82) is 0 Å². The van der Waals surface area contributed by atoms with E-state index in [4.69, 9.17) is 15.2 Å². The van der Waals surface area contributed by atoms with Crippen LogP contribution in [0.5, 0.6) is 0 Å². The molecule has 2 saturated heterocycles. The van der Waals surface area contributed by atoms with E-state index in [0.717, 1.165) is 12.1 Å². The van der Waals surface area contributed by atoms with Crippen LogP contribution in [0.25, 0.3) is 0 Å². The van der Waals surface area contributed by atoms with Crippen molar-refractivity contribution >= 4 is 29.3 Å².